The van der Waals surface area contributed by atoms with Gasteiger partial charge in [0.15, 0.2) is 0 Å². The van der Waals surface area contributed by atoms with Gasteiger partial charge in [0.2, 0.25) is 5.91 Å². The summed E-state index contributed by atoms with van der Waals surface area (Å²) in [6, 6.07) is 5.63. The van der Waals surface area contributed by atoms with E-state index in [4.69, 9.17) is 5.11 Å². The van der Waals surface area contributed by atoms with Crippen molar-refractivity contribution in [2.45, 2.75) is 45.7 Å². The van der Waals surface area contributed by atoms with Gasteiger partial charge in [0.25, 0.3) is 0 Å². The number of carbonyl (C=O) groups excluding carboxylic acids is 2. The molecule has 0 spiro atoms. The van der Waals surface area contributed by atoms with Crippen LogP contribution >= 0.6 is 15.9 Å². The normalized spacial score (nSPS) is 12.4. The number of carbonyl (C=O) groups is 3. The molecule has 25 heavy (non-hydrogen) atoms. The summed E-state index contributed by atoms with van der Waals surface area (Å²) >= 11 is 3.31. The maximum atomic E-state index is 12.4. The van der Waals surface area contributed by atoms with Crippen molar-refractivity contribution in [3.63, 3.8) is 0 Å². The summed E-state index contributed by atoms with van der Waals surface area (Å²) < 4.78 is 0.881. The molecule has 0 heterocycles. The highest BCUT2D eigenvalue weighted by Crippen LogP contribution is 2.14. The Morgan fingerprint density at radius 3 is 2.20 bits per heavy atom. The number of carboxylic acid groups (broad SMARTS) is 1. The van der Waals surface area contributed by atoms with Gasteiger partial charge in [-0.05, 0) is 50.5 Å². The number of hydrogen-bond donors (Lipinski definition) is 4. The maximum Gasteiger partial charge on any atom is 0.328 e. The number of urea groups is 1. The number of amides is 3. The van der Waals surface area contributed by atoms with E-state index in [2.05, 4.69) is 31.9 Å². The fourth-order valence-corrected chi connectivity index (χ4v) is 2.27. The standard InChI is InChI=1S/C17H24BrN3O4/c1-10(2)9-13(14(22)21-17(3,4)15(23)24)20-16(25)19-12-7-5-11(18)6-8-12/h5-8,10,13H,9H2,1-4H3,(H,21,22)(H,23,24)(H2,19,20,25). The molecule has 0 aromatic heterocycles. The average Bonchev–Trinajstić information content (AvgIpc) is 2.47. The van der Waals surface area contributed by atoms with Gasteiger partial charge in [-0.3, -0.25) is 4.79 Å². The van der Waals surface area contributed by atoms with Crippen molar-refractivity contribution in [3.05, 3.63) is 28.7 Å². The van der Waals surface area contributed by atoms with Crippen LogP contribution in [0, 0.1) is 5.92 Å². The van der Waals surface area contributed by atoms with Crippen molar-refractivity contribution in [3.8, 4) is 0 Å². The lowest BCUT2D eigenvalue weighted by Gasteiger charge is -2.26. The predicted molar refractivity (Wildman–Crippen MR) is 99.4 cm³/mol. The van der Waals surface area contributed by atoms with Crippen molar-refractivity contribution < 1.29 is 19.5 Å². The molecule has 1 rings (SSSR count). The fraction of sp³-hybridized carbons (Fsp3) is 0.471. The molecule has 0 radical (unpaired) electrons. The first kappa shape index (κ1) is 21.0. The van der Waals surface area contributed by atoms with Gasteiger partial charge in [0.05, 0.1) is 0 Å². The Hall–Kier alpha value is -2.09. The molecule has 1 aromatic carbocycles. The molecule has 1 atom stereocenters. The third-order valence-electron chi connectivity index (χ3n) is 3.40. The Bertz CT molecular complexity index is 629. The van der Waals surface area contributed by atoms with Gasteiger partial charge in [-0.25, -0.2) is 9.59 Å². The van der Waals surface area contributed by atoms with Gasteiger partial charge in [0, 0.05) is 10.2 Å². The zero-order valence-corrected chi connectivity index (χ0v) is 16.3. The number of aliphatic carboxylic acids is 1. The molecule has 8 heteroatoms. The molecule has 0 aliphatic carbocycles. The third-order valence-corrected chi connectivity index (χ3v) is 3.93. The topological polar surface area (TPSA) is 108 Å². The number of rotatable bonds is 7. The van der Waals surface area contributed by atoms with Crippen molar-refractivity contribution in [2.75, 3.05) is 5.32 Å². The first-order chi connectivity index (χ1) is 11.5. The van der Waals surface area contributed by atoms with Crippen LogP contribution in [0.15, 0.2) is 28.7 Å². The molecular formula is C17H24BrN3O4. The molecule has 138 valence electrons. The second-order valence-electron chi connectivity index (χ2n) is 6.71. The van der Waals surface area contributed by atoms with Crippen LogP contribution in [0.2, 0.25) is 0 Å². The number of carboxylic acids is 1. The molecule has 1 aromatic rings. The molecule has 1 unspecified atom stereocenters. The second-order valence-corrected chi connectivity index (χ2v) is 7.62. The Labute approximate surface area is 155 Å². The van der Waals surface area contributed by atoms with Crippen LogP contribution in [0.5, 0.6) is 0 Å². The van der Waals surface area contributed by atoms with Crippen LogP contribution in [-0.4, -0.2) is 34.6 Å². The number of nitrogens with one attached hydrogen (secondary N) is 3. The minimum atomic E-state index is -1.42. The zero-order valence-electron chi connectivity index (χ0n) is 14.7. The largest absolute Gasteiger partial charge is 0.480 e. The number of anilines is 1. The van der Waals surface area contributed by atoms with Crippen LogP contribution in [0.3, 0.4) is 0 Å². The summed E-state index contributed by atoms with van der Waals surface area (Å²) in [7, 11) is 0. The fourth-order valence-electron chi connectivity index (χ4n) is 2.01. The minimum absolute atomic E-state index is 0.136. The lowest BCUT2D eigenvalue weighted by Crippen LogP contribution is -2.57. The highest BCUT2D eigenvalue weighted by atomic mass is 79.9. The van der Waals surface area contributed by atoms with E-state index >= 15 is 0 Å². The average molecular weight is 414 g/mol. The highest BCUT2D eigenvalue weighted by Gasteiger charge is 2.32. The monoisotopic (exact) mass is 413 g/mol. The lowest BCUT2D eigenvalue weighted by molar-refractivity contribution is -0.146. The van der Waals surface area contributed by atoms with E-state index in [-0.39, 0.29) is 5.92 Å². The summed E-state index contributed by atoms with van der Waals surface area (Å²) in [4.78, 5) is 35.7. The van der Waals surface area contributed by atoms with Crippen molar-refractivity contribution in [1.29, 1.82) is 0 Å². The molecule has 4 N–H and O–H groups in total. The number of benzene rings is 1. The maximum absolute atomic E-state index is 12.4. The quantitative estimate of drug-likeness (QED) is 0.550. The van der Waals surface area contributed by atoms with E-state index in [1.165, 1.54) is 13.8 Å². The Balaban J connectivity index is 2.77. The second kappa shape index (κ2) is 8.84. The van der Waals surface area contributed by atoms with Crippen molar-refractivity contribution in [2.24, 2.45) is 5.92 Å². The van der Waals surface area contributed by atoms with Crippen molar-refractivity contribution >= 4 is 39.5 Å². The minimum Gasteiger partial charge on any atom is -0.480 e. The Morgan fingerprint density at radius 1 is 1.16 bits per heavy atom. The molecule has 0 aliphatic heterocycles. The first-order valence-corrected chi connectivity index (χ1v) is 8.69. The summed E-state index contributed by atoms with van der Waals surface area (Å²) in [5, 5.41) is 16.8. The molecule has 0 saturated carbocycles. The number of hydrogen-bond acceptors (Lipinski definition) is 3. The van der Waals surface area contributed by atoms with E-state index in [1.807, 2.05) is 13.8 Å². The first-order valence-electron chi connectivity index (χ1n) is 7.89. The van der Waals surface area contributed by atoms with Gasteiger partial charge in [-0.1, -0.05) is 29.8 Å². The van der Waals surface area contributed by atoms with Crippen LogP contribution < -0.4 is 16.0 Å². The molecule has 7 nitrogen and oxygen atoms in total. The molecule has 0 saturated heterocycles. The molecule has 0 bridgehead atoms. The molecule has 0 fully saturated rings. The molecule has 3 amide bonds. The van der Waals surface area contributed by atoms with Gasteiger partial charge >= 0.3 is 12.0 Å². The van der Waals surface area contributed by atoms with E-state index < -0.39 is 29.5 Å². The van der Waals surface area contributed by atoms with E-state index in [0.717, 1.165) is 4.47 Å². The van der Waals surface area contributed by atoms with Crippen LogP contribution in [-0.2, 0) is 9.59 Å². The Kier molecular flexibility index (Phi) is 7.41. The lowest BCUT2D eigenvalue weighted by atomic mass is 10.0. The van der Waals surface area contributed by atoms with E-state index in [0.29, 0.717) is 12.1 Å². The SMILES string of the molecule is CC(C)CC(NC(=O)Nc1ccc(Br)cc1)C(=O)NC(C)(C)C(=O)O. The van der Waals surface area contributed by atoms with Gasteiger partial charge in [-0.15, -0.1) is 0 Å². The highest BCUT2D eigenvalue weighted by molar-refractivity contribution is 9.10. The van der Waals surface area contributed by atoms with Crippen LogP contribution in [0.4, 0.5) is 10.5 Å². The summed E-state index contributed by atoms with van der Waals surface area (Å²) in [6.07, 6.45) is 0.384. The van der Waals surface area contributed by atoms with Crippen LogP contribution in [0.25, 0.3) is 0 Å². The van der Waals surface area contributed by atoms with Gasteiger partial charge < -0.3 is 21.1 Å². The summed E-state index contributed by atoms with van der Waals surface area (Å²) in [5.41, 5.74) is -0.842. The zero-order chi connectivity index (χ0) is 19.2. The summed E-state index contributed by atoms with van der Waals surface area (Å²) in [5.74, 6) is -1.55. The predicted octanol–water partition coefficient (Wildman–Crippen LogP) is 2.96. The van der Waals surface area contributed by atoms with E-state index in [1.54, 1.807) is 24.3 Å². The Morgan fingerprint density at radius 2 is 1.72 bits per heavy atom. The summed E-state index contributed by atoms with van der Waals surface area (Å²) in [6.45, 7) is 6.61. The molecular weight excluding hydrogens is 390 g/mol. The molecule has 0 aliphatic rings. The van der Waals surface area contributed by atoms with Crippen molar-refractivity contribution in [1.82, 2.24) is 10.6 Å². The number of halogens is 1. The van der Waals surface area contributed by atoms with E-state index in [9.17, 15) is 14.4 Å². The smallest absolute Gasteiger partial charge is 0.328 e. The van der Waals surface area contributed by atoms with Gasteiger partial charge in [0.1, 0.15) is 11.6 Å². The van der Waals surface area contributed by atoms with Crippen LogP contribution in [0.1, 0.15) is 34.1 Å². The van der Waals surface area contributed by atoms with Gasteiger partial charge in [-0.2, -0.15) is 0 Å². The third kappa shape index (κ3) is 7.13.